The number of likely N-dealkylation sites (tertiary alicyclic amines) is 1. The summed E-state index contributed by atoms with van der Waals surface area (Å²) in [5, 5.41) is 19.7. The van der Waals surface area contributed by atoms with Crippen LogP contribution in [0.4, 0.5) is 24.5 Å². The summed E-state index contributed by atoms with van der Waals surface area (Å²) in [4.78, 5) is 82.8. The number of rotatable bonds is 29. The Kier molecular flexibility index (Phi) is 24.5. The normalized spacial score (nSPS) is 22.5. The number of sulfone groups is 1. The van der Waals surface area contributed by atoms with Crippen molar-refractivity contribution in [3.05, 3.63) is 131 Å². The first kappa shape index (κ1) is 79.2. The summed E-state index contributed by atoms with van der Waals surface area (Å²) >= 11 is 2.95. The molecule has 0 radical (unpaired) electrons. The zero-order valence-electron chi connectivity index (χ0n) is 61.7. The van der Waals surface area contributed by atoms with E-state index in [9.17, 15) is 59.1 Å². The van der Waals surface area contributed by atoms with Gasteiger partial charge in [-0.1, -0.05) is 108 Å². The Labute approximate surface area is 625 Å². The van der Waals surface area contributed by atoms with Crippen LogP contribution in [-0.4, -0.2) is 184 Å². The Hall–Kier alpha value is -6.88. The van der Waals surface area contributed by atoms with Crippen molar-refractivity contribution < 1.29 is 59.1 Å². The van der Waals surface area contributed by atoms with Gasteiger partial charge in [0.15, 0.2) is 0 Å². The smallest absolute Gasteiger partial charge is 0.391 e. The average Bonchev–Trinajstić information content (AvgIpc) is 0.945. The number of aromatic nitrogens is 1. The Morgan fingerprint density at radius 1 is 0.810 bits per heavy atom. The number of thioether (sulfide) groups is 1. The molecule has 4 aromatic carbocycles. The van der Waals surface area contributed by atoms with Crippen molar-refractivity contribution in [3.63, 3.8) is 0 Å². The number of thiazole rings is 1. The molecule has 5 aromatic rings. The molecule has 5 atom stereocenters. The molecule has 1 aromatic heterocycles. The van der Waals surface area contributed by atoms with Crippen molar-refractivity contribution in [2.45, 2.75) is 196 Å². The minimum Gasteiger partial charge on any atom is -0.391 e. The minimum absolute atomic E-state index is 0.0176. The van der Waals surface area contributed by atoms with Gasteiger partial charge < -0.3 is 35.8 Å². The Balaban J connectivity index is 0.640. The number of hydrogen-bond acceptors (Lipinski definition) is 17. The van der Waals surface area contributed by atoms with Crippen LogP contribution in [0.3, 0.4) is 0 Å². The number of benzene rings is 4. The second kappa shape index (κ2) is 32.5. The molecular formula is C78H103F3N10O10S4. The maximum absolute atomic E-state index is 14.6. The van der Waals surface area contributed by atoms with Crippen LogP contribution in [0, 0.1) is 28.6 Å². The van der Waals surface area contributed by atoms with Gasteiger partial charge in [-0.25, -0.2) is 26.5 Å². The molecule has 12 rings (SSSR count). The number of amides is 5. The van der Waals surface area contributed by atoms with Gasteiger partial charge in [0.2, 0.25) is 23.6 Å². The summed E-state index contributed by atoms with van der Waals surface area (Å²) < 4.78 is 100. The molecule has 0 unspecified atom stereocenters. The number of carbonyl (C=O) groups is 5. The highest BCUT2D eigenvalue weighted by Gasteiger charge is 2.68. The number of aliphatic hydroxyl groups excluding tert-OH is 1. The van der Waals surface area contributed by atoms with Crippen LogP contribution in [0.25, 0.3) is 10.4 Å². The van der Waals surface area contributed by atoms with Gasteiger partial charge in [-0.15, -0.1) is 23.1 Å². The second-order valence-electron chi connectivity index (χ2n) is 31.9. The fourth-order valence-electron chi connectivity index (χ4n) is 16.2. The monoisotopic (exact) mass is 1520 g/mol. The van der Waals surface area contributed by atoms with Crippen LogP contribution in [0.1, 0.15) is 166 Å². The highest BCUT2D eigenvalue weighted by atomic mass is 32.2. The van der Waals surface area contributed by atoms with Crippen LogP contribution in [0.2, 0.25) is 0 Å². The van der Waals surface area contributed by atoms with Crippen molar-refractivity contribution in [1.29, 1.82) is 0 Å². The molecule has 5 amide bonds. The van der Waals surface area contributed by atoms with Gasteiger partial charge in [0.1, 0.15) is 17.0 Å². The number of unbranched alkanes of at least 4 members (excludes halogenated alkanes) is 2. The molecule has 0 spiro atoms. The standard InChI is InChI=1S/C78H103F3N10O10S4/c1-9-76-48-77(49-76,50-76)63-44-75(7,8)32-30-57(63)45-88-36-38-89(39-37-88)59-26-24-56(25-27-59)71(95)86-105(100,101)62-28-29-64(66(43-62)104(98,99)78(79,80)81)84-58(47-102-61-16-12-10-13-17-61)31-33-87-34-40-90(41-35-87)68(94)19-15-11-14-18-67(93)85-70(74(4,5)6)73(97)91-46-60(92)42-65(91)72(96)83-52(2)54-20-22-55(23-21-54)69-53(3)82-51-103-69/h10,12-13,16-17,20-29,43,51-52,58,60,65,70,84,92H,9,11,14-15,18-19,30-42,44-50H2,1-8H3,(H,83,96)(H,85,93)(H,86,95)/t52-,58+,60+,65-,70+,76?,77?/m0/s1. The largest absolute Gasteiger partial charge is 0.501 e. The third-order valence-electron chi connectivity index (χ3n) is 22.5. The Bertz CT molecular complexity index is 4190. The zero-order valence-corrected chi connectivity index (χ0v) is 64.9. The van der Waals surface area contributed by atoms with Crippen molar-refractivity contribution >= 4 is 83.9 Å². The highest BCUT2D eigenvalue weighted by molar-refractivity contribution is 7.99. The molecule has 105 heavy (non-hydrogen) atoms. The number of piperazine rings is 2. The number of aliphatic hydroxyl groups is 1. The lowest BCUT2D eigenvalue weighted by Gasteiger charge is -2.73. The number of allylic oxidation sites excluding steroid dienone is 1. The van der Waals surface area contributed by atoms with Gasteiger partial charge in [-0.05, 0) is 159 Å². The molecule has 6 fully saturated rings. The lowest BCUT2D eigenvalue weighted by Crippen LogP contribution is -2.63. The number of halogens is 3. The van der Waals surface area contributed by atoms with Crippen LogP contribution in [-0.2, 0) is 39.0 Å². The van der Waals surface area contributed by atoms with Gasteiger partial charge in [0, 0.05) is 119 Å². The molecule has 7 aliphatic rings. The number of anilines is 2. The first-order valence-electron chi connectivity index (χ1n) is 37.0. The van der Waals surface area contributed by atoms with E-state index in [1.54, 1.807) is 45.0 Å². The van der Waals surface area contributed by atoms with Gasteiger partial charge in [0.25, 0.3) is 25.8 Å². The maximum Gasteiger partial charge on any atom is 0.501 e. The number of nitrogens with zero attached hydrogens (tertiary/aromatic N) is 6. The fourth-order valence-corrected chi connectivity index (χ4v) is 20.1. The molecule has 3 saturated carbocycles. The molecule has 3 saturated heterocycles. The second-order valence-corrected chi connectivity index (χ2v) is 37.4. The average molecular weight is 1530 g/mol. The van der Waals surface area contributed by atoms with E-state index in [-0.39, 0.29) is 48.9 Å². The summed E-state index contributed by atoms with van der Waals surface area (Å²) in [5.41, 5.74) is 3.11. The van der Waals surface area contributed by atoms with Gasteiger partial charge in [-0.2, -0.15) is 13.2 Å². The zero-order chi connectivity index (χ0) is 75.4. The molecule has 3 aliphatic heterocycles. The first-order valence-corrected chi connectivity index (χ1v) is 41.8. The molecule has 570 valence electrons. The quantitative estimate of drug-likeness (QED) is 0.0170. The number of hydrogen-bond donors (Lipinski definition) is 5. The summed E-state index contributed by atoms with van der Waals surface area (Å²) in [6, 6.07) is 22.9. The van der Waals surface area contributed by atoms with E-state index in [2.05, 4.69) is 56.4 Å². The predicted octanol–water partition coefficient (Wildman–Crippen LogP) is 12.2. The number of alkyl halides is 3. The van der Waals surface area contributed by atoms with E-state index in [1.807, 2.05) is 93.9 Å². The van der Waals surface area contributed by atoms with Crippen molar-refractivity contribution in [3.8, 4) is 10.4 Å². The predicted molar refractivity (Wildman–Crippen MR) is 405 cm³/mol. The van der Waals surface area contributed by atoms with Crippen molar-refractivity contribution in [2.75, 3.05) is 88.0 Å². The topological polar surface area (TPSA) is 251 Å². The SMILES string of the molecule is CCC12CC(C3=C(CN4CCN(c5ccc(C(=O)NS(=O)(=O)c6ccc(N[C@H](CCN7CCN(C(=O)CCCCCC(=O)N[C@H](C(=O)N8C[C@H](O)C[C@H]8C(=O)N[C@@H](C)c8ccc(-c9scnc9C)cc8)C(C)(C)C)CC7)CSc7ccccc7)c(S(=O)(=O)C(F)(F)F)c6)cc5)CC4)CCC(C)(C)C3)(C1)C2. The lowest BCUT2D eigenvalue weighted by molar-refractivity contribution is -0.182. The van der Waals surface area contributed by atoms with E-state index in [0.29, 0.717) is 80.7 Å². The number of carbonyl (C=O) groups excluding carboxylic acids is 5. The first-order chi connectivity index (χ1) is 49.6. The van der Waals surface area contributed by atoms with Crippen molar-refractivity contribution in [2.24, 2.45) is 21.7 Å². The molecule has 4 heterocycles. The third-order valence-corrected chi connectivity index (χ3v) is 27.5. The van der Waals surface area contributed by atoms with E-state index < -0.39 is 94.3 Å². The van der Waals surface area contributed by atoms with E-state index >= 15 is 0 Å². The molecule has 2 bridgehead atoms. The lowest BCUT2D eigenvalue weighted by atomic mass is 9.31. The van der Waals surface area contributed by atoms with E-state index in [0.717, 1.165) is 83.6 Å². The van der Waals surface area contributed by atoms with Crippen molar-refractivity contribution in [1.82, 2.24) is 39.9 Å². The molecular weight excluding hydrogens is 1420 g/mol. The number of nitrogens with one attached hydrogen (secondary N) is 4. The van der Waals surface area contributed by atoms with Crippen LogP contribution in [0.15, 0.2) is 128 Å². The summed E-state index contributed by atoms with van der Waals surface area (Å²) in [6.07, 6.45) is 10.1. The summed E-state index contributed by atoms with van der Waals surface area (Å²) in [7, 11) is -11.1. The third kappa shape index (κ3) is 18.8. The Morgan fingerprint density at radius 2 is 1.48 bits per heavy atom. The Morgan fingerprint density at radius 3 is 2.11 bits per heavy atom. The number of β-amino-alcohol motifs (C(OH)–C–C–N with tert-alkyl or cyclic N) is 1. The van der Waals surface area contributed by atoms with E-state index in [1.165, 1.54) is 67.3 Å². The number of aryl methyl sites for hydroxylation is 1. The van der Waals surface area contributed by atoms with Gasteiger partial charge in [0.05, 0.1) is 38.8 Å². The van der Waals surface area contributed by atoms with Gasteiger partial charge in [-0.3, -0.25) is 33.8 Å². The molecule has 4 aliphatic carbocycles. The van der Waals surface area contributed by atoms with Crippen LogP contribution in [0.5, 0.6) is 0 Å². The minimum atomic E-state index is -6.17. The summed E-state index contributed by atoms with van der Waals surface area (Å²) in [6.45, 7) is 22.8. The fraction of sp³-hybridized carbons (Fsp3) is 0.564. The van der Waals surface area contributed by atoms with Gasteiger partial charge >= 0.3 is 5.51 Å². The molecule has 27 heteroatoms. The number of sulfonamides is 1. The van der Waals surface area contributed by atoms with Crippen LogP contribution < -0.4 is 25.6 Å². The molecule has 5 N–H and O–H groups in total. The van der Waals surface area contributed by atoms with E-state index in [4.69, 9.17) is 0 Å². The summed E-state index contributed by atoms with van der Waals surface area (Å²) in [5.74, 6) is -2.06. The maximum atomic E-state index is 14.6. The molecule has 20 nitrogen and oxygen atoms in total. The highest BCUT2D eigenvalue weighted by Crippen LogP contribution is 2.79. The van der Waals surface area contributed by atoms with Crippen LogP contribution >= 0.6 is 23.1 Å².